The quantitative estimate of drug-likeness (QED) is 0.782. The SMILES string of the molecule is COc1ccc(C(=O)C(C#N)c2ccccc2Br)c(F)c1. The number of rotatable bonds is 4. The third-order valence-corrected chi connectivity index (χ3v) is 3.77. The van der Waals surface area contributed by atoms with Crippen molar-refractivity contribution < 1.29 is 13.9 Å². The highest BCUT2D eigenvalue weighted by Gasteiger charge is 2.26. The van der Waals surface area contributed by atoms with Gasteiger partial charge in [0.15, 0.2) is 5.78 Å². The molecule has 5 heteroatoms. The Kier molecular flexibility index (Phi) is 4.71. The molecule has 0 heterocycles. The van der Waals surface area contributed by atoms with Crippen molar-refractivity contribution >= 4 is 21.7 Å². The average molecular weight is 348 g/mol. The van der Waals surface area contributed by atoms with Crippen LogP contribution in [0.2, 0.25) is 0 Å². The van der Waals surface area contributed by atoms with Crippen molar-refractivity contribution in [3.8, 4) is 11.8 Å². The number of methoxy groups -OCH3 is 1. The lowest BCUT2D eigenvalue weighted by Gasteiger charge is -2.11. The van der Waals surface area contributed by atoms with Crippen LogP contribution < -0.4 is 4.74 Å². The Bertz CT molecular complexity index is 724. The summed E-state index contributed by atoms with van der Waals surface area (Å²) in [5.74, 6) is -2.03. The Balaban J connectivity index is 2.43. The van der Waals surface area contributed by atoms with Gasteiger partial charge in [0, 0.05) is 10.5 Å². The molecule has 3 nitrogen and oxygen atoms in total. The van der Waals surface area contributed by atoms with Crippen molar-refractivity contribution in [1.82, 2.24) is 0 Å². The molecule has 2 aromatic carbocycles. The van der Waals surface area contributed by atoms with Crippen LogP contribution in [-0.2, 0) is 0 Å². The number of carbonyl (C=O) groups is 1. The Morgan fingerprint density at radius 2 is 2.05 bits per heavy atom. The largest absolute Gasteiger partial charge is 0.497 e. The van der Waals surface area contributed by atoms with Gasteiger partial charge in [-0.25, -0.2) is 4.39 Å². The van der Waals surface area contributed by atoms with Crippen molar-refractivity contribution in [2.45, 2.75) is 5.92 Å². The van der Waals surface area contributed by atoms with E-state index in [4.69, 9.17) is 4.74 Å². The summed E-state index contributed by atoms with van der Waals surface area (Å²) in [5, 5.41) is 9.29. The molecule has 1 atom stereocenters. The molecule has 106 valence electrons. The van der Waals surface area contributed by atoms with E-state index in [-0.39, 0.29) is 5.56 Å². The summed E-state index contributed by atoms with van der Waals surface area (Å²) >= 11 is 3.30. The Morgan fingerprint density at radius 3 is 2.62 bits per heavy atom. The molecule has 0 aliphatic carbocycles. The van der Waals surface area contributed by atoms with E-state index in [9.17, 15) is 14.4 Å². The van der Waals surface area contributed by atoms with Gasteiger partial charge in [0.05, 0.1) is 18.7 Å². The molecule has 21 heavy (non-hydrogen) atoms. The zero-order valence-electron chi connectivity index (χ0n) is 11.1. The predicted molar refractivity (Wildman–Crippen MR) is 79.8 cm³/mol. The molecule has 0 saturated carbocycles. The zero-order chi connectivity index (χ0) is 15.4. The Morgan fingerprint density at radius 1 is 1.33 bits per heavy atom. The highest BCUT2D eigenvalue weighted by Crippen LogP contribution is 2.29. The molecule has 2 aromatic rings. The molecular weight excluding hydrogens is 337 g/mol. The highest BCUT2D eigenvalue weighted by atomic mass is 79.9. The fourth-order valence-corrected chi connectivity index (χ4v) is 2.47. The summed E-state index contributed by atoms with van der Waals surface area (Å²) in [4.78, 5) is 12.4. The van der Waals surface area contributed by atoms with Crippen LogP contribution in [0.4, 0.5) is 4.39 Å². The molecule has 0 fully saturated rings. The molecule has 0 radical (unpaired) electrons. The number of hydrogen-bond donors (Lipinski definition) is 0. The molecule has 0 N–H and O–H groups in total. The summed E-state index contributed by atoms with van der Waals surface area (Å²) in [7, 11) is 1.41. The first-order valence-electron chi connectivity index (χ1n) is 6.10. The standard InChI is InChI=1S/C16H11BrFNO2/c1-21-10-6-7-12(15(18)8-10)16(20)13(9-19)11-4-2-3-5-14(11)17/h2-8,13H,1H3. The van der Waals surface area contributed by atoms with Gasteiger partial charge in [-0.1, -0.05) is 34.1 Å². The topological polar surface area (TPSA) is 50.1 Å². The van der Waals surface area contributed by atoms with Crippen LogP contribution in [0.3, 0.4) is 0 Å². The highest BCUT2D eigenvalue weighted by molar-refractivity contribution is 9.10. The van der Waals surface area contributed by atoms with Crippen LogP contribution in [-0.4, -0.2) is 12.9 Å². The summed E-state index contributed by atoms with van der Waals surface area (Å²) in [6.45, 7) is 0. The van der Waals surface area contributed by atoms with Crippen molar-refractivity contribution in [3.63, 3.8) is 0 Å². The van der Waals surface area contributed by atoms with Crippen LogP contribution in [0.25, 0.3) is 0 Å². The van der Waals surface area contributed by atoms with Crippen LogP contribution in [0.5, 0.6) is 5.75 Å². The number of nitriles is 1. The summed E-state index contributed by atoms with van der Waals surface area (Å²) < 4.78 is 19.5. The Labute approximate surface area is 130 Å². The molecule has 0 aromatic heterocycles. The molecule has 0 saturated heterocycles. The normalized spacial score (nSPS) is 11.5. The van der Waals surface area contributed by atoms with Gasteiger partial charge in [0.1, 0.15) is 17.5 Å². The van der Waals surface area contributed by atoms with Crippen molar-refractivity contribution in [1.29, 1.82) is 5.26 Å². The van der Waals surface area contributed by atoms with Gasteiger partial charge < -0.3 is 4.74 Å². The third kappa shape index (κ3) is 3.11. The first kappa shape index (κ1) is 15.2. The van der Waals surface area contributed by atoms with Crippen LogP contribution in [0.15, 0.2) is 46.9 Å². The van der Waals surface area contributed by atoms with Gasteiger partial charge in [-0.05, 0) is 23.8 Å². The first-order chi connectivity index (χ1) is 10.1. The molecule has 0 amide bonds. The van der Waals surface area contributed by atoms with Gasteiger partial charge >= 0.3 is 0 Å². The van der Waals surface area contributed by atoms with E-state index in [0.717, 1.165) is 6.07 Å². The summed E-state index contributed by atoms with van der Waals surface area (Å²) in [5.41, 5.74) is 0.387. The third-order valence-electron chi connectivity index (χ3n) is 3.05. The van der Waals surface area contributed by atoms with Crippen molar-refractivity contribution in [2.75, 3.05) is 7.11 Å². The van der Waals surface area contributed by atoms with Gasteiger partial charge in [-0.2, -0.15) is 5.26 Å². The van der Waals surface area contributed by atoms with E-state index in [1.807, 2.05) is 6.07 Å². The smallest absolute Gasteiger partial charge is 0.187 e. The van der Waals surface area contributed by atoms with E-state index in [2.05, 4.69) is 15.9 Å². The van der Waals surface area contributed by atoms with Crippen molar-refractivity contribution in [3.05, 3.63) is 63.9 Å². The fourth-order valence-electron chi connectivity index (χ4n) is 1.96. The molecule has 0 spiro atoms. The number of ether oxygens (including phenoxy) is 1. The van der Waals surface area contributed by atoms with Gasteiger partial charge in [-0.3, -0.25) is 4.79 Å². The van der Waals surface area contributed by atoms with Crippen LogP contribution >= 0.6 is 15.9 Å². The van der Waals surface area contributed by atoms with E-state index in [1.54, 1.807) is 24.3 Å². The lowest BCUT2D eigenvalue weighted by Crippen LogP contribution is -2.13. The van der Waals surface area contributed by atoms with E-state index in [0.29, 0.717) is 15.8 Å². The monoisotopic (exact) mass is 347 g/mol. The van der Waals surface area contributed by atoms with Crippen LogP contribution in [0, 0.1) is 17.1 Å². The second-order valence-electron chi connectivity index (χ2n) is 4.29. The maximum absolute atomic E-state index is 14.0. The maximum Gasteiger partial charge on any atom is 0.187 e. The number of Topliss-reactive ketones (excluding diaryl/α,β-unsaturated/α-hetero) is 1. The second kappa shape index (κ2) is 6.51. The lowest BCUT2D eigenvalue weighted by atomic mass is 9.91. The van der Waals surface area contributed by atoms with Crippen molar-refractivity contribution in [2.24, 2.45) is 0 Å². The number of benzene rings is 2. The molecular formula is C16H11BrFNO2. The van der Waals surface area contributed by atoms with E-state index >= 15 is 0 Å². The number of ketones is 1. The molecule has 0 aliphatic rings. The molecule has 2 rings (SSSR count). The summed E-state index contributed by atoms with van der Waals surface area (Å²) in [6, 6.07) is 12.8. The van der Waals surface area contributed by atoms with Gasteiger partial charge in [-0.15, -0.1) is 0 Å². The second-order valence-corrected chi connectivity index (χ2v) is 5.15. The minimum absolute atomic E-state index is 0.127. The minimum Gasteiger partial charge on any atom is -0.497 e. The number of carbonyl (C=O) groups excluding carboxylic acids is 1. The number of hydrogen-bond acceptors (Lipinski definition) is 3. The van der Waals surface area contributed by atoms with Gasteiger partial charge in [0.2, 0.25) is 0 Å². The maximum atomic E-state index is 14.0. The summed E-state index contributed by atoms with van der Waals surface area (Å²) in [6.07, 6.45) is 0. The molecule has 0 aliphatic heterocycles. The van der Waals surface area contributed by atoms with E-state index in [1.165, 1.54) is 19.2 Å². The van der Waals surface area contributed by atoms with E-state index < -0.39 is 17.5 Å². The lowest BCUT2D eigenvalue weighted by molar-refractivity contribution is 0.0974. The average Bonchev–Trinajstić information content (AvgIpc) is 2.49. The number of nitrogens with zero attached hydrogens (tertiary/aromatic N) is 1. The number of halogens is 2. The Hall–Kier alpha value is -2.19. The predicted octanol–water partition coefficient (Wildman–Crippen LogP) is 4.09. The first-order valence-corrected chi connectivity index (χ1v) is 6.89. The molecule has 0 bridgehead atoms. The zero-order valence-corrected chi connectivity index (χ0v) is 12.7. The van der Waals surface area contributed by atoms with Crippen LogP contribution in [0.1, 0.15) is 21.8 Å². The minimum atomic E-state index is -1.07. The van der Waals surface area contributed by atoms with Gasteiger partial charge in [0.25, 0.3) is 0 Å². The fraction of sp³-hybridized carbons (Fsp3) is 0.125. The molecule has 1 unspecified atom stereocenters.